The summed E-state index contributed by atoms with van der Waals surface area (Å²) in [6, 6.07) is 39.6. The van der Waals surface area contributed by atoms with Crippen LogP contribution < -0.4 is 0 Å². The maximum Gasteiger partial charge on any atom is -0.00928 e. The van der Waals surface area contributed by atoms with E-state index in [1.54, 1.807) is 0 Å². The van der Waals surface area contributed by atoms with E-state index >= 15 is 0 Å². The maximum absolute atomic E-state index is 2.37. The molecule has 0 atom stereocenters. The fourth-order valence-corrected chi connectivity index (χ4v) is 4.55. The first-order valence-corrected chi connectivity index (χ1v) is 9.71. The summed E-state index contributed by atoms with van der Waals surface area (Å²) in [5, 5.41) is 10.5. The molecule has 0 spiro atoms. The zero-order valence-corrected chi connectivity index (χ0v) is 15.4. The molecule has 0 heterocycles. The van der Waals surface area contributed by atoms with E-state index in [0.29, 0.717) is 0 Å². The molecule has 130 valence electrons. The van der Waals surface area contributed by atoms with Gasteiger partial charge in [-0.3, -0.25) is 0 Å². The highest BCUT2D eigenvalue weighted by molar-refractivity contribution is 6.25. The summed E-state index contributed by atoms with van der Waals surface area (Å²) in [6.45, 7) is 0. The highest BCUT2D eigenvalue weighted by Gasteiger charge is 2.10. The minimum atomic E-state index is 1.27. The first kappa shape index (κ1) is 15.4. The topological polar surface area (TPSA) is 0 Å². The summed E-state index contributed by atoms with van der Waals surface area (Å²) < 4.78 is 0. The molecule has 0 saturated heterocycles. The molecule has 0 fully saturated rings. The molecule has 0 aliphatic heterocycles. The molecule has 0 aliphatic rings. The lowest BCUT2D eigenvalue weighted by Crippen LogP contribution is -1.85. The van der Waals surface area contributed by atoms with Crippen LogP contribution in [0.4, 0.5) is 0 Å². The zero-order chi connectivity index (χ0) is 18.5. The van der Waals surface area contributed by atoms with Crippen molar-refractivity contribution < 1.29 is 0 Å². The van der Waals surface area contributed by atoms with Crippen LogP contribution in [0.1, 0.15) is 0 Å². The molecule has 0 saturated carbocycles. The van der Waals surface area contributed by atoms with E-state index in [9.17, 15) is 0 Å². The number of hydrogen-bond donors (Lipinski definition) is 0. The van der Waals surface area contributed by atoms with Crippen LogP contribution in [-0.4, -0.2) is 0 Å². The predicted molar refractivity (Wildman–Crippen MR) is 122 cm³/mol. The van der Waals surface area contributed by atoms with Crippen LogP contribution in [0.3, 0.4) is 0 Å². The fourth-order valence-electron chi connectivity index (χ4n) is 4.55. The number of fused-ring (bicyclic) bond motifs is 7. The SMILES string of the molecule is c1ccc2c(-c3ccc4c5ccccc5c5ccccc5c4c3)cccc2c1. The monoisotopic (exact) mass is 354 g/mol. The highest BCUT2D eigenvalue weighted by Crippen LogP contribution is 2.38. The lowest BCUT2D eigenvalue weighted by atomic mass is 9.91. The second-order valence-electron chi connectivity index (χ2n) is 7.38. The van der Waals surface area contributed by atoms with E-state index < -0.39 is 0 Å². The second kappa shape index (κ2) is 5.94. The summed E-state index contributed by atoms with van der Waals surface area (Å²) in [7, 11) is 0. The number of rotatable bonds is 1. The molecule has 6 aromatic carbocycles. The van der Waals surface area contributed by atoms with E-state index in [2.05, 4.69) is 109 Å². The van der Waals surface area contributed by atoms with Crippen molar-refractivity contribution in [3.63, 3.8) is 0 Å². The Labute approximate surface area is 163 Å². The zero-order valence-electron chi connectivity index (χ0n) is 15.4. The van der Waals surface area contributed by atoms with Crippen molar-refractivity contribution in [2.75, 3.05) is 0 Å². The average molecular weight is 354 g/mol. The third-order valence-electron chi connectivity index (χ3n) is 5.84. The van der Waals surface area contributed by atoms with E-state index in [1.165, 1.54) is 54.2 Å². The Morgan fingerprint density at radius 3 is 1.50 bits per heavy atom. The summed E-state index contributed by atoms with van der Waals surface area (Å²) >= 11 is 0. The average Bonchev–Trinajstić information content (AvgIpc) is 2.78. The van der Waals surface area contributed by atoms with Gasteiger partial charge in [0, 0.05) is 0 Å². The van der Waals surface area contributed by atoms with Crippen LogP contribution in [-0.2, 0) is 0 Å². The molecule has 0 amide bonds. The molecule has 0 aliphatic carbocycles. The van der Waals surface area contributed by atoms with Crippen LogP contribution in [0.25, 0.3) is 54.2 Å². The molecular formula is C28H18. The van der Waals surface area contributed by atoms with E-state index in [1.807, 2.05) is 0 Å². The molecule has 0 N–H and O–H groups in total. The third-order valence-corrected chi connectivity index (χ3v) is 5.84. The summed E-state index contributed by atoms with van der Waals surface area (Å²) in [5.41, 5.74) is 2.56. The van der Waals surface area contributed by atoms with Crippen molar-refractivity contribution in [1.82, 2.24) is 0 Å². The Morgan fingerprint density at radius 1 is 0.321 bits per heavy atom. The largest absolute Gasteiger partial charge is 0.0616 e. The Morgan fingerprint density at radius 2 is 0.821 bits per heavy atom. The second-order valence-corrected chi connectivity index (χ2v) is 7.38. The molecule has 0 unspecified atom stereocenters. The van der Waals surface area contributed by atoms with Crippen molar-refractivity contribution in [3.05, 3.63) is 109 Å². The van der Waals surface area contributed by atoms with Crippen LogP contribution in [0.15, 0.2) is 109 Å². The van der Waals surface area contributed by atoms with Crippen molar-refractivity contribution in [3.8, 4) is 11.1 Å². The molecule has 28 heavy (non-hydrogen) atoms. The third kappa shape index (κ3) is 2.18. The van der Waals surface area contributed by atoms with Gasteiger partial charge in [-0.1, -0.05) is 103 Å². The molecule has 0 radical (unpaired) electrons. The summed E-state index contributed by atoms with van der Waals surface area (Å²) in [6.07, 6.45) is 0. The van der Waals surface area contributed by atoms with Crippen LogP contribution in [0.5, 0.6) is 0 Å². The van der Waals surface area contributed by atoms with Crippen molar-refractivity contribution >= 4 is 43.1 Å². The van der Waals surface area contributed by atoms with Crippen LogP contribution >= 0.6 is 0 Å². The Hall–Kier alpha value is -3.64. The molecule has 0 heteroatoms. The van der Waals surface area contributed by atoms with Crippen LogP contribution in [0, 0.1) is 0 Å². The van der Waals surface area contributed by atoms with Gasteiger partial charge < -0.3 is 0 Å². The number of hydrogen-bond acceptors (Lipinski definition) is 0. The molecule has 6 aromatic rings. The van der Waals surface area contributed by atoms with Gasteiger partial charge in [-0.05, 0) is 60.3 Å². The maximum atomic E-state index is 2.37. The summed E-state index contributed by atoms with van der Waals surface area (Å²) in [5.74, 6) is 0. The first-order valence-electron chi connectivity index (χ1n) is 9.71. The minimum Gasteiger partial charge on any atom is -0.0616 e. The van der Waals surface area contributed by atoms with Gasteiger partial charge in [-0.15, -0.1) is 0 Å². The van der Waals surface area contributed by atoms with Crippen LogP contribution in [0.2, 0.25) is 0 Å². The van der Waals surface area contributed by atoms with Gasteiger partial charge in [0.25, 0.3) is 0 Å². The van der Waals surface area contributed by atoms with Gasteiger partial charge in [0.15, 0.2) is 0 Å². The lowest BCUT2D eigenvalue weighted by Gasteiger charge is -2.13. The van der Waals surface area contributed by atoms with Crippen molar-refractivity contribution in [2.24, 2.45) is 0 Å². The first-order chi connectivity index (χ1) is 13.9. The standard InChI is InChI=1S/C28H18/c1-2-10-21-19(8-1)9-7-15-22(21)20-16-17-27-25-13-4-3-11-23(25)24-12-5-6-14-26(24)28(27)18-20/h1-18H. The fraction of sp³-hybridized carbons (Fsp3) is 0. The van der Waals surface area contributed by atoms with Gasteiger partial charge in [-0.2, -0.15) is 0 Å². The molecule has 6 rings (SSSR count). The normalized spacial score (nSPS) is 11.6. The number of benzene rings is 6. The molecular weight excluding hydrogens is 336 g/mol. The van der Waals surface area contributed by atoms with E-state index in [0.717, 1.165) is 0 Å². The van der Waals surface area contributed by atoms with Gasteiger partial charge in [0.1, 0.15) is 0 Å². The predicted octanol–water partition coefficient (Wildman–Crippen LogP) is 7.97. The van der Waals surface area contributed by atoms with Crippen molar-refractivity contribution in [2.45, 2.75) is 0 Å². The highest BCUT2D eigenvalue weighted by atomic mass is 14.1. The molecule has 0 nitrogen and oxygen atoms in total. The van der Waals surface area contributed by atoms with Gasteiger partial charge in [0.2, 0.25) is 0 Å². The van der Waals surface area contributed by atoms with Gasteiger partial charge >= 0.3 is 0 Å². The van der Waals surface area contributed by atoms with E-state index in [4.69, 9.17) is 0 Å². The molecule has 0 aromatic heterocycles. The summed E-state index contributed by atoms with van der Waals surface area (Å²) in [4.78, 5) is 0. The smallest absolute Gasteiger partial charge is 0.00928 e. The van der Waals surface area contributed by atoms with E-state index in [-0.39, 0.29) is 0 Å². The Bertz CT molecular complexity index is 1460. The Kier molecular flexibility index (Phi) is 3.27. The Balaban J connectivity index is 1.76. The van der Waals surface area contributed by atoms with Gasteiger partial charge in [0.05, 0.1) is 0 Å². The minimum absolute atomic E-state index is 1.27. The van der Waals surface area contributed by atoms with Crippen molar-refractivity contribution in [1.29, 1.82) is 0 Å². The quantitative estimate of drug-likeness (QED) is 0.263. The molecule has 0 bridgehead atoms. The van der Waals surface area contributed by atoms with Gasteiger partial charge in [-0.25, -0.2) is 0 Å². The lowest BCUT2D eigenvalue weighted by molar-refractivity contribution is 1.69.